The fraction of sp³-hybridized carbons (Fsp3) is 0.942. The van der Waals surface area contributed by atoms with E-state index in [0.717, 1.165) is 109 Å². The van der Waals surface area contributed by atoms with Gasteiger partial charge in [0.15, 0.2) is 12.2 Å². The van der Waals surface area contributed by atoms with Crippen molar-refractivity contribution in [1.82, 2.24) is 0 Å². The second-order valence-electron chi connectivity index (χ2n) is 25.4. The van der Waals surface area contributed by atoms with Crippen LogP contribution in [-0.4, -0.2) is 96.7 Å². The van der Waals surface area contributed by atoms with Crippen LogP contribution < -0.4 is 0 Å². The van der Waals surface area contributed by atoms with Crippen LogP contribution in [0.4, 0.5) is 0 Å². The molecule has 0 fully saturated rings. The van der Waals surface area contributed by atoms with Gasteiger partial charge in [-0.1, -0.05) is 304 Å². The maximum atomic E-state index is 13.0. The lowest BCUT2D eigenvalue weighted by atomic mass is 10.0. The summed E-state index contributed by atoms with van der Waals surface area (Å²) >= 11 is 0. The summed E-state index contributed by atoms with van der Waals surface area (Å²) in [4.78, 5) is 72.4. The highest BCUT2D eigenvalue weighted by molar-refractivity contribution is 7.47. The van der Waals surface area contributed by atoms with Crippen molar-refractivity contribution in [3.05, 3.63) is 0 Å². The minimum Gasteiger partial charge on any atom is -0.462 e. The summed E-state index contributed by atoms with van der Waals surface area (Å²) in [7, 11) is -9.89. The molecule has 0 aromatic rings. The average molecular weight is 1300 g/mol. The third-order valence-corrected chi connectivity index (χ3v) is 17.9. The van der Waals surface area contributed by atoms with Gasteiger partial charge in [-0.3, -0.25) is 37.3 Å². The van der Waals surface area contributed by atoms with Gasteiger partial charge in [-0.25, -0.2) is 9.13 Å². The predicted octanol–water partition coefficient (Wildman–Crippen LogP) is 19.7. The first-order chi connectivity index (χ1) is 42.5. The van der Waals surface area contributed by atoms with Crippen LogP contribution in [0.3, 0.4) is 0 Å². The number of aliphatic hydroxyl groups excluding tert-OH is 1. The van der Waals surface area contributed by atoms with Crippen molar-refractivity contribution in [3.8, 4) is 0 Å². The van der Waals surface area contributed by atoms with Gasteiger partial charge in [0.2, 0.25) is 0 Å². The maximum absolute atomic E-state index is 13.0. The summed E-state index contributed by atoms with van der Waals surface area (Å²) in [5, 5.41) is 10.6. The highest BCUT2D eigenvalue weighted by Crippen LogP contribution is 2.45. The molecule has 0 aromatic carbocycles. The number of phosphoric ester groups is 2. The highest BCUT2D eigenvalue weighted by Gasteiger charge is 2.30. The zero-order chi connectivity index (χ0) is 64.9. The zero-order valence-corrected chi connectivity index (χ0v) is 58.6. The molecular weight excluding hydrogens is 1160 g/mol. The number of unbranched alkanes of at least 4 members (excludes halogenated alkanes) is 41. The summed E-state index contributed by atoms with van der Waals surface area (Å²) in [6.45, 7) is 7.21. The molecule has 5 atom stereocenters. The summed E-state index contributed by atoms with van der Waals surface area (Å²) in [5.41, 5.74) is 0. The number of rotatable bonds is 69. The van der Waals surface area contributed by atoms with E-state index in [1.165, 1.54) is 167 Å². The Labute approximate surface area is 537 Å². The molecule has 2 unspecified atom stereocenters. The van der Waals surface area contributed by atoms with Crippen LogP contribution in [0.2, 0.25) is 0 Å². The molecule has 3 N–H and O–H groups in total. The molecule has 88 heavy (non-hydrogen) atoms. The third kappa shape index (κ3) is 62.8. The van der Waals surface area contributed by atoms with Crippen LogP contribution in [0.1, 0.15) is 356 Å². The number of carbonyl (C=O) groups is 4. The number of hydrogen-bond donors (Lipinski definition) is 3. The Morgan fingerprint density at radius 2 is 0.523 bits per heavy atom. The van der Waals surface area contributed by atoms with Crippen LogP contribution in [-0.2, 0) is 65.4 Å². The zero-order valence-electron chi connectivity index (χ0n) is 56.9. The van der Waals surface area contributed by atoms with E-state index in [2.05, 4.69) is 34.6 Å². The standard InChI is InChI=1S/C69H134O17P2/c1-6-9-12-15-18-20-22-24-25-26-30-35-40-45-50-55-69(74)86-65(59-80-67(72)53-48-43-38-33-31-27-28-32-37-41-46-51-62(4)5)61-84-88(77,78)82-57-63(70)56-81-87(75,76)83-60-64(58-79-66(71)52-47-42-36-17-14-11-8-3)85-68(73)54-49-44-39-34-29-23-21-19-16-13-10-7-2/h62-65,70H,6-61H2,1-5H3,(H,75,76)(H,77,78)/t63-,64+,65+/m0/s1. The average Bonchev–Trinajstić information content (AvgIpc) is 3.61. The quantitative estimate of drug-likeness (QED) is 0.0222. The molecule has 0 bridgehead atoms. The molecule has 522 valence electrons. The topological polar surface area (TPSA) is 237 Å². The van der Waals surface area contributed by atoms with E-state index in [1.54, 1.807) is 0 Å². The van der Waals surface area contributed by atoms with Crippen molar-refractivity contribution in [3.63, 3.8) is 0 Å². The van der Waals surface area contributed by atoms with Gasteiger partial charge in [-0.15, -0.1) is 0 Å². The lowest BCUT2D eigenvalue weighted by Crippen LogP contribution is -2.30. The minimum absolute atomic E-state index is 0.107. The Morgan fingerprint density at radius 3 is 0.773 bits per heavy atom. The fourth-order valence-electron chi connectivity index (χ4n) is 10.5. The summed E-state index contributed by atoms with van der Waals surface area (Å²) in [6, 6.07) is 0. The normalized spacial score (nSPS) is 14.1. The van der Waals surface area contributed by atoms with Crippen molar-refractivity contribution < 1.29 is 80.2 Å². The van der Waals surface area contributed by atoms with E-state index in [4.69, 9.17) is 37.0 Å². The molecule has 0 heterocycles. The van der Waals surface area contributed by atoms with Gasteiger partial charge in [0, 0.05) is 25.7 Å². The number of ether oxygens (including phenoxy) is 4. The van der Waals surface area contributed by atoms with E-state index < -0.39 is 97.5 Å². The van der Waals surface area contributed by atoms with Crippen LogP contribution in [0, 0.1) is 5.92 Å². The number of carbonyl (C=O) groups excluding carboxylic acids is 4. The van der Waals surface area contributed by atoms with Gasteiger partial charge < -0.3 is 33.8 Å². The first-order valence-electron chi connectivity index (χ1n) is 36.1. The Kier molecular flexibility index (Phi) is 61.1. The summed E-state index contributed by atoms with van der Waals surface area (Å²) < 4.78 is 68.2. The third-order valence-electron chi connectivity index (χ3n) is 16.0. The molecule has 0 saturated carbocycles. The molecule has 0 rings (SSSR count). The Bertz CT molecular complexity index is 1700. The Morgan fingerprint density at radius 1 is 0.307 bits per heavy atom. The molecular formula is C69H134O17P2. The van der Waals surface area contributed by atoms with Gasteiger partial charge in [-0.05, 0) is 31.6 Å². The van der Waals surface area contributed by atoms with E-state index in [0.29, 0.717) is 25.7 Å². The van der Waals surface area contributed by atoms with E-state index in [-0.39, 0.29) is 25.7 Å². The highest BCUT2D eigenvalue weighted by atomic mass is 31.2. The Balaban J connectivity index is 5.21. The number of hydrogen-bond acceptors (Lipinski definition) is 15. The molecule has 0 aliphatic rings. The minimum atomic E-state index is -4.95. The summed E-state index contributed by atoms with van der Waals surface area (Å²) in [6.07, 6.45) is 48.6. The van der Waals surface area contributed by atoms with Crippen LogP contribution in [0.5, 0.6) is 0 Å². The van der Waals surface area contributed by atoms with Gasteiger partial charge in [0.1, 0.15) is 19.3 Å². The van der Waals surface area contributed by atoms with Crippen LogP contribution in [0.15, 0.2) is 0 Å². The number of phosphoric acid groups is 2. The van der Waals surface area contributed by atoms with Crippen molar-refractivity contribution in [2.24, 2.45) is 5.92 Å². The van der Waals surface area contributed by atoms with Gasteiger partial charge in [0.25, 0.3) is 0 Å². The first-order valence-corrected chi connectivity index (χ1v) is 39.1. The van der Waals surface area contributed by atoms with E-state index in [1.807, 2.05) is 0 Å². The van der Waals surface area contributed by atoms with E-state index >= 15 is 0 Å². The van der Waals surface area contributed by atoms with Crippen LogP contribution in [0.25, 0.3) is 0 Å². The lowest BCUT2D eigenvalue weighted by Gasteiger charge is -2.21. The second-order valence-corrected chi connectivity index (χ2v) is 28.3. The van der Waals surface area contributed by atoms with Gasteiger partial charge in [0.05, 0.1) is 26.4 Å². The Hall–Kier alpha value is -1.94. The molecule has 0 spiro atoms. The van der Waals surface area contributed by atoms with E-state index in [9.17, 15) is 43.2 Å². The fourth-order valence-corrected chi connectivity index (χ4v) is 12.0. The van der Waals surface area contributed by atoms with Crippen LogP contribution >= 0.6 is 15.6 Å². The second kappa shape index (κ2) is 62.5. The molecule has 0 aromatic heterocycles. The molecule has 0 saturated heterocycles. The molecule has 19 heteroatoms. The molecule has 17 nitrogen and oxygen atoms in total. The lowest BCUT2D eigenvalue weighted by molar-refractivity contribution is -0.161. The smallest absolute Gasteiger partial charge is 0.462 e. The van der Waals surface area contributed by atoms with Crippen molar-refractivity contribution in [2.75, 3.05) is 39.6 Å². The van der Waals surface area contributed by atoms with Gasteiger partial charge >= 0.3 is 39.5 Å². The van der Waals surface area contributed by atoms with Crippen molar-refractivity contribution >= 4 is 39.5 Å². The largest absolute Gasteiger partial charge is 0.472 e. The maximum Gasteiger partial charge on any atom is 0.472 e. The number of aliphatic hydroxyl groups is 1. The SMILES string of the molecule is CCCCCCCCCCCCCCCCCC(=O)O[C@H](COC(=O)CCCCCCCCCCCCCC(C)C)COP(=O)(O)OC[C@@H](O)COP(=O)(O)OC[C@@H](COC(=O)CCCCCCCCC)OC(=O)CCCCCCCCCCCCCC. The monoisotopic (exact) mass is 1300 g/mol. The summed E-state index contributed by atoms with van der Waals surface area (Å²) in [5.74, 6) is -1.35. The van der Waals surface area contributed by atoms with Gasteiger partial charge in [-0.2, -0.15) is 0 Å². The number of esters is 4. The molecule has 0 aliphatic heterocycles. The van der Waals surface area contributed by atoms with Crippen molar-refractivity contribution in [1.29, 1.82) is 0 Å². The molecule has 0 amide bonds. The molecule has 0 radical (unpaired) electrons. The van der Waals surface area contributed by atoms with Crippen molar-refractivity contribution in [2.45, 2.75) is 374 Å². The molecule has 0 aliphatic carbocycles. The predicted molar refractivity (Wildman–Crippen MR) is 354 cm³/mol. The first kappa shape index (κ1) is 86.1.